The second kappa shape index (κ2) is 7.15. The fourth-order valence-corrected chi connectivity index (χ4v) is 3.18. The van der Waals surface area contributed by atoms with Crippen molar-refractivity contribution in [3.8, 4) is 0 Å². The second-order valence-corrected chi connectivity index (χ2v) is 6.53. The Kier molecular flexibility index (Phi) is 4.95. The molecule has 1 atom stereocenters. The Morgan fingerprint density at radius 2 is 1.52 bits per heavy atom. The number of fused-ring (bicyclic) bond motifs is 1. The van der Waals surface area contributed by atoms with E-state index in [1.54, 1.807) is 36.4 Å². The highest BCUT2D eigenvalue weighted by Crippen LogP contribution is 2.23. The molecule has 5 heteroatoms. The Labute approximate surface area is 146 Å². The summed E-state index contributed by atoms with van der Waals surface area (Å²) in [7, 11) is 0. The molecule has 0 aliphatic carbocycles. The Morgan fingerprint density at radius 3 is 2.04 bits per heavy atom. The van der Waals surface area contributed by atoms with Crippen molar-refractivity contribution in [1.29, 1.82) is 0 Å². The van der Waals surface area contributed by atoms with Gasteiger partial charge in [0.05, 0.1) is 11.1 Å². The minimum absolute atomic E-state index is 0.0239. The molecule has 0 fully saturated rings. The van der Waals surface area contributed by atoms with Crippen LogP contribution < -0.4 is 5.32 Å². The van der Waals surface area contributed by atoms with E-state index in [4.69, 9.17) is 0 Å². The molecule has 2 aromatic carbocycles. The van der Waals surface area contributed by atoms with Crippen LogP contribution >= 0.6 is 0 Å². The second-order valence-electron chi connectivity index (χ2n) is 6.53. The van der Waals surface area contributed by atoms with E-state index in [2.05, 4.69) is 19.2 Å². The first kappa shape index (κ1) is 17.3. The van der Waals surface area contributed by atoms with Crippen molar-refractivity contribution in [2.24, 2.45) is 5.92 Å². The topological polar surface area (TPSA) is 49.4 Å². The van der Waals surface area contributed by atoms with Gasteiger partial charge in [0.15, 0.2) is 0 Å². The van der Waals surface area contributed by atoms with Gasteiger partial charge in [0.25, 0.3) is 11.8 Å². The van der Waals surface area contributed by atoms with Crippen LogP contribution in [0.5, 0.6) is 0 Å². The van der Waals surface area contributed by atoms with Crippen molar-refractivity contribution in [1.82, 2.24) is 10.2 Å². The van der Waals surface area contributed by atoms with E-state index in [-0.39, 0.29) is 29.6 Å². The third-order valence-corrected chi connectivity index (χ3v) is 4.47. The Hall–Kier alpha value is -2.53. The molecule has 130 valence electrons. The van der Waals surface area contributed by atoms with Gasteiger partial charge in [0, 0.05) is 19.1 Å². The predicted molar refractivity (Wildman–Crippen MR) is 93.8 cm³/mol. The van der Waals surface area contributed by atoms with Crippen molar-refractivity contribution in [2.75, 3.05) is 13.1 Å². The number of hydrogen-bond donors (Lipinski definition) is 1. The van der Waals surface area contributed by atoms with Gasteiger partial charge in [-0.2, -0.15) is 0 Å². The standard InChI is InChI=1S/C20H21FN2O2/c1-13(2)18(14-7-9-15(21)10-8-14)22-11-12-23-19(24)16-5-3-4-6-17(16)20(23)25/h3-10,13,18,22H,11-12H2,1-2H3/t18-/m0/s1. The summed E-state index contributed by atoms with van der Waals surface area (Å²) in [5.41, 5.74) is 1.91. The molecule has 0 radical (unpaired) electrons. The number of halogens is 1. The third kappa shape index (κ3) is 3.46. The van der Waals surface area contributed by atoms with Crippen LogP contribution in [0.25, 0.3) is 0 Å². The van der Waals surface area contributed by atoms with Crippen molar-refractivity contribution in [3.05, 3.63) is 71.0 Å². The molecule has 25 heavy (non-hydrogen) atoms. The number of nitrogens with one attached hydrogen (secondary N) is 1. The molecule has 1 aliphatic heterocycles. The van der Waals surface area contributed by atoms with Gasteiger partial charge < -0.3 is 5.32 Å². The van der Waals surface area contributed by atoms with E-state index >= 15 is 0 Å². The summed E-state index contributed by atoms with van der Waals surface area (Å²) < 4.78 is 13.1. The molecule has 1 aliphatic rings. The van der Waals surface area contributed by atoms with Crippen LogP contribution in [-0.4, -0.2) is 29.8 Å². The molecule has 0 saturated heterocycles. The van der Waals surface area contributed by atoms with Crippen LogP contribution in [0.1, 0.15) is 46.2 Å². The lowest BCUT2D eigenvalue weighted by atomic mass is 9.96. The van der Waals surface area contributed by atoms with Crippen molar-refractivity contribution in [3.63, 3.8) is 0 Å². The molecular weight excluding hydrogens is 319 g/mol. The van der Waals surface area contributed by atoms with Gasteiger partial charge in [-0.25, -0.2) is 4.39 Å². The number of carbonyl (C=O) groups excluding carboxylic acids is 2. The average Bonchev–Trinajstić information content (AvgIpc) is 2.84. The van der Waals surface area contributed by atoms with Crippen molar-refractivity contribution < 1.29 is 14.0 Å². The third-order valence-electron chi connectivity index (χ3n) is 4.47. The van der Waals surface area contributed by atoms with Crippen molar-refractivity contribution in [2.45, 2.75) is 19.9 Å². The van der Waals surface area contributed by atoms with E-state index in [0.717, 1.165) is 5.56 Å². The molecule has 1 N–H and O–H groups in total. The van der Waals surface area contributed by atoms with Gasteiger partial charge in [0.1, 0.15) is 5.82 Å². The van der Waals surface area contributed by atoms with Crippen LogP contribution in [0.2, 0.25) is 0 Å². The van der Waals surface area contributed by atoms with Gasteiger partial charge in [-0.05, 0) is 35.7 Å². The zero-order chi connectivity index (χ0) is 18.0. The minimum Gasteiger partial charge on any atom is -0.308 e. The fourth-order valence-electron chi connectivity index (χ4n) is 3.18. The monoisotopic (exact) mass is 340 g/mol. The highest BCUT2D eigenvalue weighted by Gasteiger charge is 2.34. The number of nitrogens with zero attached hydrogens (tertiary/aromatic N) is 1. The lowest BCUT2D eigenvalue weighted by Gasteiger charge is -2.24. The first-order valence-corrected chi connectivity index (χ1v) is 8.43. The highest BCUT2D eigenvalue weighted by molar-refractivity contribution is 6.21. The molecule has 2 aromatic rings. The van der Waals surface area contributed by atoms with Gasteiger partial charge in [0.2, 0.25) is 0 Å². The van der Waals surface area contributed by atoms with E-state index in [0.29, 0.717) is 24.2 Å². The van der Waals surface area contributed by atoms with E-state index in [9.17, 15) is 14.0 Å². The largest absolute Gasteiger partial charge is 0.308 e. The number of imide groups is 1. The van der Waals surface area contributed by atoms with E-state index in [1.807, 2.05) is 0 Å². The first-order chi connectivity index (χ1) is 12.0. The van der Waals surface area contributed by atoms with Crippen LogP contribution in [0.3, 0.4) is 0 Å². The van der Waals surface area contributed by atoms with Crippen LogP contribution in [-0.2, 0) is 0 Å². The smallest absolute Gasteiger partial charge is 0.261 e. The Bertz CT molecular complexity index is 752. The summed E-state index contributed by atoms with van der Waals surface area (Å²) in [5, 5.41) is 3.38. The molecule has 4 nitrogen and oxygen atoms in total. The normalized spacial score (nSPS) is 15.0. The number of rotatable bonds is 6. The molecule has 2 amide bonds. The van der Waals surface area contributed by atoms with Crippen LogP contribution in [0.4, 0.5) is 4.39 Å². The lowest BCUT2D eigenvalue weighted by molar-refractivity contribution is 0.0654. The number of carbonyl (C=O) groups is 2. The molecule has 1 heterocycles. The Morgan fingerprint density at radius 1 is 0.960 bits per heavy atom. The molecule has 0 aromatic heterocycles. The van der Waals surface area contributed by atoms with Gasteiger partial charge in [-0.1, -0.05) is 38.1 Å². The summed E-state index contributed by atoms with van der Waals surface area (Å²) >= 11 is 0. The van der Waals surface area contributed by atoms with Gasteiger partial charge in [-0.3, -0.25) is 14.5 Å². The maximum Gasteiger partial charge on any atom is 0.261 e. The average molecular weight is 340 g/mol. The molecule has 0 spiro atoms. The maximum atomic E-state index is 13.1. The predicted octanol–water partition coefficient (Wildman–Crippen LogP) is 3.41. The van der Waals surface area contributed by atoms with Gasteiger partial charge >= 0.3 is 0 Å². The first-order valence-electron chi connectivity index (χ1n) is 8.43. The van der Waals surface area contributed by atoms with Crippen LogP contribution in [0.15, 0.2) is 48.5 Å². The van der Waals surface area contributed by atoms with Crippen molar-refractivity contribution >= 4 is 11.8 Å². The summed E-state index contributed by atoms with van der Waals surface area (Å²) in [5.74, 6) is -0.472. The fraction of sp³-hybridized carbons (Fsp3) is 0.300. The van der Waals surface area contributed by atoms with E-state index in [1.165, 1.54) is 17.0 Å². The highest BCUT2D eigenvalue weighted by atomic mass is 19.1. The molecule has 0 unspecified atom stereocenters. The van der Waals surface area contributed by atoms with Crippen LogP contribution in [0, 0.1) is 11.7 Å². The summed E-state index contributed by atoms with van der Waals surface area (Å²) in [6.07, 6.45) is 0. The summed E-state index contributed by atoms with van der Waals surface area (Å²) in [4.78, 5) is 26.0. The zero-order valence-electron chi connectivity index (χ0n) is 14.3. The summed E-state index contributed by atoms with van der Waals surface area (Å²) in [6.45, 7) is 4.93. The maximum absolute atomic E-state index is 13.1. The molecule has 0 saturated carbocycles. The van der Waals surface area contributed by atoms with Gasteiger partial charge in [-0.15, -0.1) is 0 Å². The zero-order valence-corrected chi connectivity index (χ0v) is 14.3. The molecule has 3 rings (SSSR count). The minimum atomic E-state index is -0.266. The summed E-state index contributed by atoms with van der Waals surface area (Å²) in [6, 6.07) is 13.3. The molecular formula is C20H21FN2O2. The Balaban J connectivity index is 1.65. The number of amides is 2. The van der Waals surface area contributed by atoms with E-state index < -0.39 is 0 Å². The SMILES string of the molecule is CC(C)[C@H](NCCN1C(=O)c2ccccc2C1=O)c1ccc(F)cc1. The lowest BCUT2D eigenvalue weighted by Crippen LogP contribution is -2.38. The molecule has 0 bridgehead atoms. The number of hydrogen-bond acceptors (Lipinski definition) is 3. The quantitative estimate of drug-likeness (QED) is 0.820. The number of benzene rings is 2.